The lowest BCUT2D eigenvalue weighted by Crippen LogP contribution is -2.36. The summed E-state index contributed by atoms with van der Waals surface area (Å²) in [5.41, 5.74) is 6.68. The Balaban J connectivity index is 2.16. The Morgan fingerprint density at radius 1 is 1.50 bits per heavy atom. The Hall–Kier alpha value is -2.02. The quantitative estimate of drug-likeness (QED) is 0.502. The summed E-state index contributed by atoms with van der Waals surface area (Å²) >= 11 is 0. The van der Waals surface area contributed by atoms with Crippen LogP contribution in [0.3, 0.4) is 0 Å². The minimum Gasteiger partial charge on any atom is -0.370 e. The van der Waals surface area contributed by atoms with Crippen molar-refractivity contribution in [2.24, 2.45) is 10.7 Å². The first-order chi connectivity index (χ1) is 8.61. The van der Waals surface area contributed by atoms with E-state index in [1.165, 1.54) is 12.1 Å². The van der Waals surface area contributed by atoms with Crippen molar-refractivity contribution in [1.29, 1.82) is 0 Å². The second-order valence-electron chi connectivity index (χ2n) is 4.45. The van der Waals surface area contributed by atoms with E-state index in [1.807, 2.05) is 11.9 Å². The molecule has 1 aliphatic carbocycles. The zero-order chi connectivity index (χ0) is 13.1. The zero-order valence-electron chi connectivity index (χ0n) is 10.3. The van der Waals surface area contributed by atoms with Gasteiger partial charge in [-0.1, -0.05) is 18.1 Å². The fourth-order valence-corrected chi connectivity index (χ4v) is 1.73. The predicted octanol–water partition coefficient (Wildman–Crippen LogP) is 1.91. The summed E-state index contributed by atoms with van der Waals surface area (Å²) in [7, 11) is 1.91. The Kier molecular flexibility index (Phi) is 3.52. The molecule has 1 saturated carbocycles. The first kappa shape index (κ1) is 12.4. The van der Waals surface area contributed by atoms with Gasteiger partial charge in [-0.3, -0.25) is 0 Å². The van der Waals surface area contributed by atoms with Crippen LogP contribution < -0.4 is 5.73 Å². The fourth-order valence-electron chi connectivity index (χ4n) is 1.73. The molecule has 94 valence electrons. The molecular formula is C14H16FN3. The number of nitrogens with zero attached hydrogens (tertiary/aromatic N) is 2. The van der Waals surface area contributed by atoms with Crippen LogP contribution in [0, 0.1) is 18.2 Å². The number of rotatable bonds is 3. The summed E-state index contributed by atoms with van der Waals surface area (Å²) in [6, 6.07) is 6.03. The van der Waals surface area contributed by atoms with Crippen LogP contribution in [0.25, 0.3) is 0 Å². The number of hydrogen-bond acceptors (Lipinski definition) is 1. The smallest absolute Gasteiger partial charge is 0.192 e. The molecule has 2 rings (SSSR count). The maximum Gasteiger partial charge on any atom is 0.192 e. The molecule has 18 heavy (non-hydrogen) atoms. The van der Waals surface area contributed by atoms with E-state index in [9.17, 15) is 4.39 Å². The highest BCUT2D eigenvalue weighted by atomic mass is 19.1. The van der Waals surface area contributed by atoms with E-state index in [4.69, 9.17) is 12.2 Å². The normalized spacial score (nSPS) is 17.1. The van der Waals surface area contributed by atoms with E-state index >= 15 is 0 Å². The SMILES string of the molecule is C#CC(N=C(N)N(C)C1CC1)c1ccc(F)cc1. The first-order valence-electron chi connectivity index (χ1n) is 5.89. The van der Waals surface area contributed by atoms with Crippen LogP contribution in [0.2, 0.25) is 0 Å². The third-order valence-corrected chi connectivity index (χ3v) is 3.06. The number of benzene rings is 1. The van der Waals surface area contributed by atoms with Crippen LogP contribution in [0.4, 0.5) is 4.39 Å². The third-order valence-electron chi connectivity index (χ3n) is 3.06. The van der Waals surface area contributed by atoms with Gasteiger partial charge in [0.15, 0.2) is 5.96 Å². The number of guanidine groups is 1. The second-order valence-corrected chi connectivity index (χ2v) is 4.45. The van der Waals surface area contributed by atoms with Crippen LogP contribution in [-0.2, 0) is 0 Å². The van der Waals surface area contributed by atoms with Crippen molar-refractivity contribution in [3.63, 3.8) is 0 Å². The zero-order valence-corrected chi connectivity index (χ0v) is 10.3. The molecule has 1 aliphatic rings. The van der Waals surface area contributed by atoms with Gasteiger partial charge in [0.2, 0.25) is 0 Å². The van der Waals surface area contributed by atoms with Crippen LogP contribution in [-0.4, -0.2) is 23.9 Å². The molecule has 0 heterocycles. The number of terminal acetylenes is 1. The summed E-state index contributed by atoms with van der Waals surface area (Å²) in [6.45, 7) is 0. The Morgan fingerprint density at radius 3 is 2.61 bits per heavy atom. The molecule has 0 aromatic heterocycles. The molecule has 1 atom stereocenters. The maximum absolute atomic E-state index is 12.8. The average molecular weight is 245 g/mol. The van der Waals surface area contributed by atoms with Gasteiger partial charge in [0.1, 0.15) is 11.9 Å². The van der Waals surface area contributed by atoms with Gasteiger partial charge in [-0.05, 0) is 30.5 Å². The van der Waals surface area contributed by atoms with E-state index in [-0.39, 0.29) is 5.82 Å². The molecule has 2 N–H and O–H groups in total. The molecule has 0 saturated heterocycles. The van der Waals surface area contributed by atoms with Gasteiger partial charge in [0.05, 0.1) is 0 Å². The summed E-state index contributed by atoms with van der Waals surface area (Å²) in [6.07, 6.45) is 7.74. The predicted molar refractivity (Wildman–Crippen MR) is 70.4 cm³/mol. The van der Waals surface area contributed by atoms with Crippen molar-refractivity contribution in [3.05, 3.63) is 35.6 Å². The van der Waals surface area contributed by atoms with E-state index in [1.54, 1.807) is 12.1 Å². The molecule has 0 bridgehead atoms. The van der Waals surface area contributed by atoms with Gasteiger partial charge in [-0.25, -0.2) is 9.38 Å². The Bertz CT molecular complexity index is 483. The lowest BCUT2D eigenvalue weighted by Gasteiger charge is -2.18. The van der Waals surface area contributed by atoms with Gasteiger partial charge in [-0.2, -0.15) is 0 Å². The topological polar surface area (TPSA) is 41.6 Å². The number of halogens is 1. The lowest BCUT2D eigenvalue weighted by molar-refractivity contribution is 0.486. The molecule has 0 aliphatic heterocycles. The summed E-state index contributed by atoms with van der Waals surface area (Å²) in [5.74, 6) is 2.71. The molecule has 3 nitrogen and oxygen atoms in total. The van der Waals surface area contributed by atoms with Crippen LogP contribution in [0.1, 0.15) is 24.4 Å². The van der Waals surface area contributed by atoms with Crippen molar-refractivity contribution in [3.8, 4) is 12.3 Å². The van der Waals surface area contributed by atoms with Crippen molar-refractivity contribution in [2.75, 3.05) is 7.05 Å². The molecule has 1 aromatic carbocycles. The van der Waals surface area contributed by atoms with Crippen LogP contribution >= 0.6 is 0 Å². The minimum absolute atomic E-state index is 0.290. The molecule has 0 spiro atoms. The number of nitrogens with two attached hydrogens (primary N) is 1. The Labute approximate surface area is 107 Å². The molecule has 1 aromatic rings. The van der Waals surface area contributed by atoms with Gasteiger partial charge in [0, 0.05) is 13.1 Å². The van der Waals surface area contributed by atoms with Crippen LogP contribution in [0.15, 0.2) is 29.3 Å². The standard InChI is InChI=1S/C14H16FN3/c1-3-13(10-4-6-11(15)7-5-10)17-14(16)18(2)12-8-9-12/h1,4-7,12-13H,8-9H2,2H3,(H2,16,17). The maximum atomic E-state index is 12.8. The molecule has 1 unspecified atom stereocenters. The van der Waals surface area contributed by atoms with E-state index in [0.29, 0.717) is 12.0 Å². The minimum atomic E-state index is -0.466. The highest BCUT2D eigenvalue weighted by Crippen LogP contribution is 2.25. The fraction of sp³-hybridized carbons (Fsp3) is 0.357. The largest absolute Gasteiger partial charge is 0.370 e. The van der Waals surface area contributed by atoms with Gasteiger partial charge >= 0.3 is 0 Å². The lowest BCUT2D eigenvalue weighted by atomic mass is 10.1. The third kappa shape index (κ3) is 2.80. The van der Waals surface area contributed by atoms with Crippen molar-refractivity contribution < 1.29 is 4.39 Å². The van der Waals surface area contributed by atoms with Crippen molar-refractivity contribution in [2.45, 2.75) is 24.9 Å². The monoisotopic (exact) mass is 245 g/mol. The van der Waals surface area contributed by atoms with E-state index < -0.39 is 6.04 Å². The summed E-state index contributed by atoms with van der Waals surface area (Å²) in [5, 5.41) is 0. The number of hydrogen-bond donors (Lipinski definition) is 1. The highest BCUT2D eigenvalue weighted by molar-refractivity contribution is 5.79. The highest BCUT2D eigenvalue weighted by Gasteiger charge is 2.27. The molecule has 0 radical (unpaired) electrons. The average Bonchev–Trinajstić information content (AvgIpc) is 3.20. The summed E-state index contributed by atoms with van der Waals surface area (Å²) in [4.78, 5) is 6.26. The van der Waals surface area contributed by atoms with Gasteiger partial charge in [-0.15, -0.1) is 6.42 Å². The number of aliphatic imine (C=N–C) groups is 1. The van der Waals surface area contributed by atoms with Gasteiger partial charge in [0.25, 0.3) is 0 Å². The molecule has 1 fully saturated rings. The van der Waals surface area contributed by atoms with E-state index in [0.717, 1.165) is 18.4 Å². The molecular weight excluding hydrogens is 229 g/mol. The van der Waals surface area contributed by atoms with Crippen LogP contribution in [0.5, 0.6) is 0 Å². The van der Waals surface area contributed by atoms with Crippen molar-refractivity contribution in [1.82, 2.24) is 4.90 Å². The molecule has 4 heteroatoms. The van der Waals surface area contributed by atoms with Crippen molar-refractivity contribution >= 4 is 5.96 Å². The second kappa shape index (κ2) is 5.09. The summed E-state index contributed by atoms with van der Waals surface area (Å²) < 4.78 is 12.8. The molecule has 0 amide bonds. The van der Waals surface area contributed by atoms with E-state index in [2.05, 4.69) is 10.9 Å². The van der Waals surface area contributed by atoms with Gasteiger partial charge < -0.3 is 10.6 Å². The first-order valence-corrected chi connectivity index (χ1v) is 5.89. The Morgan fingerprint density at radius 2 is 2.11 bits per heavy atom.